The van der Waals surface area contributed by atoms with Crippen molar-refractivity contribution in [2.24, 2.45) is 0 Å². The molecule has 0 spiro atoms. The van der Waals surface area contributed by atoms with Gasteiger partial charge in [-0.25, -0.2) is 23.1 Å². The molecular formula is C11H6ClF3N2S. The molecule has 0 bridgehead atoms. The summed E-state index contributed by atoms with van der Waals surface area (Å²) in [7, 11) is 0. The molecule has 1 aromatic heterocycles. The third-order valence-corrected chi connectivity index (χ3v) is 3.03. The molecule has 0 aliphatic heterocycles. The zero-order chi connectivity index (χ0) is 13.3. The van der Waals surface area contributed by atoms with E-state index in [1.807, 2.05) is 0 Å². The van der Waals surface area contributed by atoms with Crippen molar-refractivity contribution in [3.05, 3.63) is 40.9 Å². The van der Waals surface area contributed by atoms with E-state index in [1.165, 1.54) is 18.0 Å². The third-order valence-electron chi connectivity index (χ3n) is 2.18. The van der Waals surface area contributed by atoms with Gasteiger partial charge in [0.05, 0.1) is 5.56 Å². The van der Waals surface area contributed by atoms with Gasteiger partial charge in [-0.05, 0) is 6.26 Å². The Morgan fingerprint density at radius 3 is 2.28 bits per heavy atom. The molecule has 1 heterocycles. The fourth-order valence-electron chi connectivity index (χ4n) is 1.41. The lowest BCUT2D eigenvalue weighted by molar-refractivity contribution is 0.548. The summed E-state index contributed by atoms with van der Waals surface area (Å²) in [6.07, 6.45) is 2.95. The first-order valence-electron chi connectivity index (χ1n) is 4.74. The third kappa shape index (κ3) is 2.44. The minimum absolute atomic E-state index is 0.00975. The van der Waals surface area contributed by atoms with Gasteiger partial charge < -0.3 is 0 Å². The van der Waals surface area contributed by atoms with Crippen molar-refractivity contribution in [3.63, 3.8) is 0 Å². The minimum atomic E-state index is -1.05. The molecule has 2 rings (SSSR count). The second-order valence-corrected chi connectivity index (χ2v) is 4.44. The number of nitrogens with zero attached hydrogens (tertiary/aromatic N) is 2. The van der Waals surface area contributed by atoms with Crippen LogP contribution in [0.15, 0.2) is 23.5 Å². The van der Waals surface area contributed by atoms with Gasteiger partial charge in [0.2, 0.25) is 0 Å². The molecule has 0 saturated heterocycles. The standard InChI is InChI=1S/C11H6ClF3N2S/c1-18-11-16-4-6(10(12)17-11)9-7(14)2-5(13)3-8(9)15/h2-4H,1H3. The molecule has 2 nitrogen and oxygen atoms in total. The van der Waals surface area contributed by atoms with E-state index in [-0.39, 0.29) is 10.7 Å². The fraction of sp³-hybridized carbons (Fsp3) is 0.0909. The molecular weight excluding hydrogens is 285 g/mol. The summed E-state index contributed by atoms with van der Waals surface area (Å²) in [5, 5.41) is 0.297. The monoisotopic (exact) mass is 290 g/mol. The lowest BCUT2D eigenvalue weighted by Gasteiger charge is -2.07. The van der Waals surface area contributed by atoms with E-state index in [0.29, 0.717) is 17.3 Å². The minimum Gasteiger partial charge on any atom is -0.230 e. The largest absolute Gasteiger partial charge is 0.230 e. The number of benzene rings is 1. The van der Waals surface area contributed by atoms with E-state index >= 15 is 0 Å². The Bertz CT molecular complexity index is 584. The SMILES string of the molecule is CSc1ncc(-c2c(F)cc(F)cc2F)c(Cl)n1. The summed E-state index contributed by atoms with van der Waals surface area (Å²) in [5.74, 6) is -3.09. The van der Waals surface area contributed by atoms with Crippen molar-refractivity contribution in [1.29, 1.82) is 0 Å². The van der Waals surface area contributed by atoms with Gasteiger partial charge in [0.25, 0.3) is 0 Å². The predicted octanol–water partition coefficient (Wildman–Crippen LogP) is 3.94. The predicted molar refractivity (Wildman–Crippen MR) is 64.1 cm³/mol. The molecule has 0 amide bonds. The lowest BCUT2D eigenvalue weighted by Crippen LogP contribution is -1.96. The summed E-state index contributed by atoms with van der Waals surface area (Å²) in [4.78, 5) is 7.74. The summed E-state index contributed by atoms with van der Waals surface area (Å²) in [6, 6.07) is 1.16. The van der Waals surface area contributed by atoms with Crippen LogP contribution < -0.4 is 0 Å². The first kappa shape index (κ1) is 13.2. The van der Waals surface area contributed by atoms with Gasteiger partial charge in [0.1, 0.15) is 22.6 Å². The van der Waals surface area contributed by atoms with Crippen LogP contribution in [-0.4, -0.2) is 16.2 Å². The van der Waals surface area contributed by atoms with Gasteiger partial charge in [-0.3, -0.25) is 0 Å². The van der Waals surface area contributed by atoms with E-state index in [9.17, 15) is 13.2 Å². The Labute approximate surface area is 110 Å². The molecule has 94 valence electrons. The van der Waals surface area contributed by atoms with Crippen LogP contribution in [0.1, 0.15) is 0 Å². The highest BCUT2D eigenvalue weighted by atomic mass is 35.5. The van der Waals surface area contributed by atoms with E-state index < -0.39 is 23.0 Å². The number of rotatable bonds is 2. The maximum absolute atomic E-state index is 13.6. The van der Waals surface area contributed by atoms with Crippen LogP contribution in [0.2, 0.25) is 5.15 Å². The summed E-state index contributed by atoms with van der Waals surface area (Å²) >= 11 is 7.08. The van der Waals surface area contributed by atoms with E-state index in [2.05, 4.69) is 9.97 Å². The van der Waals surface area contributed by atoms with Crippen molar-refractivity contribution in [3.8, 4) is 11.1 Å². The van der Waals surface area contributed by atoms with Crippen molar-refractivity contribution in [1.82, 2.24) is 9.97 Å². The Kier molecular flexibility index (Phi) is 3.77. The maximum Gasteiger partial charge on any atom is 0.188 e. The molecule has 0 unspecified atom stereocenters. The zero-order valence-corrected chi connectivity index (χ0v) is 10.6. The topological polar surface area (TPSA) is 25.8 Å². The molecule has 0 N–H and O–H groups in total. The summed E-state index contributed by atoms with van der Waals surface area (Å²) in [5.41, 5.74) is -0.446. The molecule has 7 heteroatoms. The van der Waals surface area contributed by atoms with Gasteiger partial charge in [-0.1, -0.05) is 23.4 Å². The highest BCUT2D eigenvalue weighted by Gasteiger charge is 2.17. The quantitative estimate of drug-likeness (QED) is 0.476. The second kappa shape index (κ2) is 5.16. The Balaban J connectivity index is 2.62. The van der Waals surface area contributed by atoms with Gasteiger partial charge in [0.15, 0.2) is 5.16 Å². The zero-order valence-electron chi connectivity index (χ0n) is 9.05. The highest BCUT2D eigenvalue weighted by Crippen LogP contribution is 2.31. The molecule has 1 aromatic carbocycles. The Hall–Kier alpha value is -1.27. The fourth-order valence-corrected chi connectivity index (χ4v) is 2.03. The number of aromatic nitrogens is 2. The molecule has 0 fully saturated rings. The van der Waals surface area contributed by atoms with Crippen LogP contribution in [0.3, 0.4) is 0 Å². The van der Waals surface area contributed by atoms with Crippen molar-refractivity contribution < 1.29 is 13.2 Å². The smallest absolute Gasteiger partial charge is 0.188 e. The van der Waals surface area contributed by atoms with Crippen LogP contribution in [0.5, 0.6) is 0 Å². The Morgan fingerprint density at radius 1 is 1.17 bits per heavy atom. The summed E-state index contributed by atoms with van der Waals surface area (Å²) < 4.78 is 39.9. The maximum atomic E-state index is 13.6. The Morgan fingerprint density at radius 2 is 1.78 bits per heavy atom. The van der Waals surface area contributed by atoms with Gasteiger partial charge in [-0.15, -0.1) is 0 Å². The first-order chi connectivity index (χ1) is 8.52. The van der Waals surface area contributed by atoms with Crippen molar-refractivity contribution in [2.75, 3.05) is 6.26 Å². The number of halogens is 4. The molecule has 0 radical (unpaired) electrons. The van der Waals surface area contributed by atoms with Crippen LogP contribution in [-0.2, 0) is 0 Å². The van der Waals surface area contributed by atoms with Crippen LogP contribution in [0.4, 0.5) is 13.2 Å². The van der Waals surface area contributed by atoms with Crippen LogP contribution >= 0.6 is 23.4 Å². The molecule has 0 atom stereocenters. The normalized spacial score (nSPS) is 10.7. The molecule has 18 heavy (non-hydrogen) atoms. The average Bonchev–Trinajstić information content (AvgIpc) is 2.29. The molecule has 0 aliphatic rings. The molecule has 0 saturated carbocycles. The van der Waals surface area contributed by atoms with E-state index in [1.54, 1.807) is 6.26 Å². The van der Waals surface area contributed by atoms with Crippen LogP contribution in [0, 0.1) is 17.5 Å². The molecule has 0 aliphatic carbocycles. The van der Waals surface area contributed by atoms with Crippen LogP contribution in [0.25, 0.3) is 11.1 Å². The average molecular weight is 291 g/mol. The van der Waals surface area contributed by atoms with Gasteiger partial charge >= 0.3 is 0 Å². The van der Waals surface area contributed by atoms with Gasteiger partial charge in [-0.2, -0.15) is 0 Å². The highest BCUT2D eigenvalue weighted by molar-refractivity contribution is 7.98. The first-order valence-corrected chi connectivity index (χ1v) is 6.34. The number of hydrogen-bond donors (Lipinski definition) is 0. The molecule has 2 aromatic rings. The van der Waals surface area contributed by atoms with Gasteiger partial charge in [0, 0.05) is 23.9 Å². The van der Waals surface area contributed by atoms with E-state index in [4.69, 9.17) is 11.6 Å². The number of thioether (sulfide) groups is 1. The van der Waals surface area contributed by atoms with Crippen molar-refractivity contribution >= 4 is 23.4 Å². The second-order valence-electron chi connectivity index (χ2n) is 3.31. The summed E-state index contributed by atoms with van der Waals surface area (Å²) in [6.45, 7) is 0. The lowest BCUT2D eigenvalue weighted by atomic mass is 10.1. The number of hydrogen-bond acceptors (Lipinski definition) is 3. The van der Waals surface area contributed by atoms with E-state index in [0.717, 1.165) is 0 Å². The van der Waals surface area contributed by atoms with Crippen molar-refractivity contribution in [2.45, 2.75) is 5.16 Å².